The summed E-state index contributed by atoms with van der Waals surface area (Å²) in [6.07, 6.45) is 2.48. The van der Waals surface area contributed by atoms with Crippen LogP contribution in [0.15, 0.2) is 28.7 Å². The Morgan fingerprint density at radius 2 is 2.15 bits per heavy atom. The van der Waals surface area contributed by atoms with Crippen molar-refractivity contribution in [2.45, 2.75) is 26.2 Å². The van der Waals surface area contributed by atoms with E-state index in [1.54, 1.807) is 0 Å². The first kappa shape index (κ1) is 13.4. The number of nitrogens with one attached hydrogen (secondary N) is 2. The molecule has 3 rings (SSSR count). The molecule has 1 unspecified atom stereocenters. The first-order valence-corrected chi connectivity index (χ1v) is 7.52. The minimum absolute atomic E-state index is 0.0194. The molecule has 1 aliphatic rings. The number of halogens is 1. The topological polar surface area (TPSA) is 57.8 Å². The van der Waals surface area contributed by atoms with Gasteiger partial charge >= 0.3 is 0 Å². The smallest absolute Gasteiger partial charge is 0.227 e. The lowest BCUT2D eigenvalue weighted by atomic mass is 9.89. The second-order valence-corrected chi connectivity index (χ2v) is 6.10. The van der Waals surface area contributed by atoms with Gasteiger partial charge in [-0.3, -0.25) is 4.79 Å². The molecule has 20 heavy (non-hydrogen) atoms. The summed E-state index contributed by atoms with van der Waals surface area (Å²) < 4.78 is 1.01. The molecule has 1 heterocycles. The normalized spacial score (nSPS) is 17.6. The SMILES string of the molecule is Cc1nc2c([nH]1)CC(C(=O)Nc1ccc(Br)cc1)CC2. The van der Waals surface area contributed by atoms with Crippen LogP contribution in [0.3, 0.4) is 0 Å². The number of hydrogen-bond acceptors (Lipinski definition) is 2. The van der Waals surface area contributed by atoms with E-state index < -0.39 is 0 Å². The Morgan fingerprint density at radius 3 is 2.90 bits per heavy atom. The molecule has 0 saturated heterocycles. The van der Waals surface area contributed by atoms with E-state index >= 15 is 0 Å². The van der Waals surface area contributed by atoms with E-state index in [1.165, 1.54) is 0 Å². The molecule has 1 aliphatic carbocycles. The number of fused-ring (bicyclic) bond motifs is 1. The third-order valence-electron chi connectivity index (χ3n) is 3.65. The molecule has 104 valence electrons. The molecule has 2 aromatic rings. The fourth-order valence-electron chi connectivity index (χ4n) is 2.62. The fourth-order valence-corrected chi connectivity index (χ4v) is 2.89. The van der Waals surface area contributed by atoms with Gasteiger partial charge in [0.15, 0.2) is 0 Å². The molecule has 0 fully saturated rings. The summed E-state index contributed by atoms with van der Waals surface area (Å²) in [6.45, 7) is 1.95. The van der Waals surface area contributed by atoms with Gasteiger partial charge in [-0.25, -0.2) is 4.98 Å². The van der Waals surface area contributed by atoms with Crippen molar-refractivity contribution in [3.8, 4) is 0 Å². The number of aryl methyl sites for hydroxylation is 2. The highest BCUT2D eigenvalue weighted by Crippen LogP contribution is 2.25. The minimum atomic E-state index is 0.0194. The van der Waals surface area contributed by atoms with Crippen LogP contribution in [0.1, 0.15) is 23.6 Å². The van der Waals surface area contributed by atoms with Crippen LogP contribution in [0, 0.1) is 12.8 Å². The summed E-state index contributed by atoms with van der Waals surface area (Å²) in [5, 5.41) is 2.98. The Balaban J connectivity index is 1.68. The number of anilines is 1. The number of benzene rings is 1. The van der Waals surface area contributed by atoms with Gasteiger partial charge in [-0.15, -0.1) is 0 Å². The van der Waals surface area contributed by atoms with Crippen molar-refractivity contribution in [1.82, 2.24) is 9.97 Å². The Kier molecular flexibility index (Phi) is 3.61. The number of carbonyl (C=O) groups is 1. The molecule has 0 radical (unpaired) electrons. The maximum atomic E-state index is 12.3. The van der Waals surface area contributed by atoms with Crippen LogP contribution in [0.25, 0.3) is 0 Å². The highest BCUT2D eigenvalue weighted by molar-refractivity contribution is 9.10. The van der Waals surface area contributed by atoms with Crippen LogP contribution in [0.4, 0.5) is 5.69 Å². The van der Waals surface area contributed by atoms with E-state index in [2.05, 4.69) is 31.2 Å². The number of imidazole rings is 1. The number of aromatic nitrogens is 2. The Morgan fingerprint density at radius 1 is 1.40 bits per heavy atom. The van der Waals surface area contributed by atoms with Crippen LogP contribution in [0.2, 0.25) is 0 Å². The van der Waals surface area contributed by atoms with Crippen molar-refractivity contribution in [1.29, 1.82) is 0 Å². The van der Waals surface area contributed by atoms with Crippen LogP contribution in [-0.4, -0.2) is 15.9 Å². The van der Waals surface area contributed by atoms with Crippen LogP contribution >= 0.6 is 15.9 Å². The first-order valence-electron chi connectivity index (χ1n) is 6.72. The minimum Gasteiger partial charge on any atom is -0.346 e. The van der Waals surface area contributed by atoms with E-state index in [0.717, 1.165) is 46.6 Å². The van der Waals surface area contributed by atoms with Crippen molar-refractivity contribution < 1.29 is 4.79 Å². The summed E-state index contributed by atoms with van der Waals surface area (Å²) in [5.41, 5.74) is 3.07. The van der Waals surface area contributed by atoms with Crippen molar-refractivity contribution in [2.24, 2.45) is 5.92 Å². The van der Waals surface area contributed by atoms with E-state index in [-0.39, 0.29) is 11.8 Å². The molecule has 0 spiro atoms. The van der Waals surface area contributed by atoms with Gasteiger partial charge < -0.3 is 10.3 Å². The van der Waals surface area contributed by atoms with Gasteiger partial charge in [0.1, 0.15) is 5.82 Å². The second-order valence-electron chi connectivity index (χ2n) is 5.18. The third-order valence-corrected chi connectivity index (χ3v) is 4.17. The zero-order valence-corrected chi connectivity index (χ0v) is 12.8. The average molecular weight is 334 g/mol. The predicted octanol–water partition coefficient (Wildman–Crippen LogP) is 3.22. The monoisotopic (exact) mass is 333 g/mol. The molecule has 4 nitrogen and oxygen atoms in total. The van der Waals surface area contributed by atoms with E-state index in [1.807, 2.05) is 31.2 Å². The van der Waals surface area contributed by atoms with Gasteiger partial charge in [0, 0.05) is 28.2 Å². The third kappa shape index (κ3) is 2.77. The van der Waals surface area contributed by atoms with Gasteiger partial charge in [-0.05, 0) is 44.0 Å². The van der Waals surface area contributed by atoms with Gasteiger partial charge in [0.25, 0.3) is 0 Å². The van der Waals surface area contributed by atoms with E-state index in [0.29, 0.717) is 0 Å². The zero-order chi connectivity index (χ0) is 14.1. The van der Waals surface area contributed by atoms with Crippen LogP contribution in [-0.2, 0) is 17.6 Å². The summed E-state index contributed by atoms with van der Waals surface area (Å²) >= 11 is 3.38. The lowest BCUT2D eigenvalue weighted by Gasteiger charge is -2.20. The maximum absolute atomic E-state index is 12.3. The Hall–Kier alpha value is -1.62. The number of amides is 1. The summed E-state index contributed by atoms with van der Waals surface area (Å²) in [5.74, 6) is 1.04. The van der Waals surface area contributed by atoms with E-state index in [9.17, 15) is 4.79 Å². The number of aromatic amines is 1. The molecule has 0 bridgehead atoms. The Labute approximate surface area is 126 Å². The average Bonchev–Trinajstić information content (AvgIpc) is 2.80. The molecule has 1 aromatic heterocycles. The lowest BCUT2D eigenvalue weighted by molar-refractivity contribution is -0.120. The molecular weight excluding hydrogens is 318 g/mol. The molecular formula is C15H16BrN3O. The molecule has 1 atom stereocenters. The zero-order valence-electron chi connectivity index (χ0n) is 11.2. The van der Waals surface area contributed by atoms with Gasteiger partial charge in [0.2, 0.25) is 5.91 Å². The summed E-state index contributed by atoms with van der Waals surface area (Å²) in [7, 11) is 0. The molecule has 1 aromatic carbocycles. The van der Waals surface area contributed by atoms with Crippen molar-refractivity contribution >= 4 is 27.5 Å². The fraction of sp³-hybridized carbons (Fsp3) is 0.333. The predicted molar refractivity (Wildman–Crippen MR) is 81.6 cm³/mol. The largest absolute Gasteiger partial charge is 0.346 e. The second kappa shape index (κ2) is 5.40. The lowest BCUT2D eigenvalue weighted by Crippen LogP contribution is -2.28. The molecule has 0 saturated carbocycles. The quantitative estimate of drug-likeness (QED) is 0.886. The number of H-pyrrole nitrogens is 1. The number of hydrogen-bond donors (Lipinski definition) is 2. The summed E-state index contributed by atoms with van der Waals surface area (Å²) in [6, 6.07) is 7.65. The van der Waals surface area contributed by atoms with Crippen molar-refractivity contribution in [2.75, 3.05) is 5.32 Å². The van der Waals surface area contributed by atoms with Crippen molar-refractivity contribution in [3.05, 3.63) is 46.0 Å². The first-order chi connectivity index (χ1) is 9.61. The van der Waals surface area contributed by atoms with E-state index in [4.69, 9.17) is 0 Å². The summed E-state index contributed by atoms with van der Waals surface area (Å²) in [4.78, 5) is 20.0. The van der Waals surface area contributed by atoms with Crippen molar-refractivity contribution in [3.63, 3.8) is 0 Å². The maximum Gasteiger partial charge on any atom is 0.227 e. The highest BCUT2D eigenvalue weighted by atomic mass is 79.9. The molecule has 5 heteroatoms. The van der Waals surface area contributed by atoms with Gasteiger partial charge in [0.05, 0.1) is 5.69 Å². The molecule has 2 N–H and O–H groups in total. The standard InChI is InChI=1S/C15H16BrN3O/c1-9-17-13-7-2-10(8-14(13)18-9)15(20)19-12-5-3-11(16)4-6-12/h3-6,10H,2,7-8H2,1H3,(H,17,18)(H,19,20). The van der Waals surface area contributed by atoms with Gasteiger partial charge in [-0.2, -0.15) is 0 Å². The number of nitrogens with zero attached hydrogens (tertiary/aromatic N) is 1. The number of carbonyl (C=O) groups excluding carboxylic acids is 1. The Bertz CT molecular complexity index is 633. The molecule has 0 aliphatic heterocycles. The van der Waals surface area contributed by atoms with Crippen LogP contribution in [0.5, 0.6) is 0 Å². The highest BCUT2D eigenvalue weighted by Gasteiger charge is 2.26. The molecule has 1 amide bonds. The van der Waals surface area contributed by atoms with Crippen LogP contribution < -0.4 is 5.32 Å². The number of rotatable bonds is 2. The van der Waals surface area contributed by atoms with Gasteiger partial charge in [-0.1, -0.05) is 15.9 Å².